The van der Waals surface area contributed by atoms with E-state index in [1.54, 1.807) is 27.7 Å². The Morgan fingerprint density at radius 2 is 1.17 bits per heavy atom. The highest BCUT2D eigenvalue weighted by Crippen LogP contribution is 2.32. The third-order valence-electron chi connectivity index (χ3n) is 3.72. The second kappa shape index (κ2) is 6.95. The minimum atomic E-state index is -0.865. The van der Waals surface area contributed by atoms with E-state index < -0.39 is 47.9 Å². The van der Waals surface area contributed by atoms with Crippen molar-refractivity contribution in [1.29, 1.82) is 0 Å². The van der Waals surface area contributed by atoms with Crippen molar-refractivity contribution in [2.75, 3.05) is 13.2 Å². The van der Waals surface area contributed by atoms with Crippen LogP contribution >= 0.6 is 0 Å². The summed E-state index contributed by atoms with van der Waals surface area (Å²) in [5, 5.41) is 0. The molecule has 0 aliphatic carbocycles. The average molecular weight is 346 g/mol. The molecule has 8 nitrogen and oxygen atoms in total. The van der Waals surface area contributed by atoms with Crippen LogP contribution in [-0.2, 0) is 38.0 Å². The van der Waals surface area contributed by atoms with E-state index in [4.69, 9.17) is 28.4 Å². The third-order valence-corrected chi connectivity index (χ3v) is 3.72. The summed E-state index contributed by atoms with van der Waals surface area (Å²) >= 11 is 0. The molecular weight excluding hydrogens is 320 g/mol. The first-order valence-electron chi connectivity index (χ1n) is 7.97. The van der Waals surface area contributed by atoms with Gasteiger partial charge in [0, 0.05) is 13.8 Å². The number of carbonyl (C=O) groups is 2. The molecule has 0 amide bonds. The molecule has 0 N–H and O–H groups in total. The van der Waals surface area contributed by atoms with Crippen molar-refractivity contribution in [3.63, 3.8) is 0 Å². The molecule has 2 aliphatic rings. The lowest BCUT2D eigenvalue weighted by Gasteiger charge is -2.33. The van der Waals surface area contributed by atoms with Crippen LogP contribution in [0.2, 0.25) is 0 Å². The molecule has 0 aromatic heterocycles. The summed E-state index contributed by atoms with van der Waals surface area (Å²) in [4.78, 5) is 23.1. The molecule has 0 saturated carbocycles. The summed E-state index contributed by atoms with van der Waals surface area (Å²) in [6.45, 7) is 10.0. The van der Waals surface area contributed by atoms with E-state index in [2.05, 4.69) is 0 Å². The average Bonchev–Trinajstić information content (AvgIpc) is 2.95. The lowest BCUT2D eigenvalue weighted by Crippen LogP contribution is -2.51. The maximum absolute atomic E-state index is 11.6. The number of carbonyl (C=O) groups excluding carboxylic acids is 2. The van der Waals surface area contributed by atoms with Gasteiger partial charge >= 0.3 is 11.9 Å². The molecule has 0 aromatic carbocycles. The van der Waals surface area contributed by atoms with Crippen LogP contribution in [0.25, 0.3) is 0 Å². The minimum Gasteiger partial charge on any atom is -0.456 e. The zero-order valence-electron chi connectivity index (χ0n) is 15.0. The van der Waals surface area contributed by atoms with Gasteiger partial charge < -0.3 is 28.4 Å². The summed E-state index contributed by atoms with van der Waals surface area (Å²) in [7, 11) is 0. The van der Waals surface area contributed by atoms with E-state index in [1.165, 1.54) is 13.8 Å². The summed E-state index contributed by atoms with van der Waals surface area (Å²) in [5.74, 6) is -2.64. The molecule has 2 saturated heterocycles. The molecule has 0 spiro atoms. The largest absolute Gasteiger partial charge is 0.456 e. The van der Waals surface area contributed by atoms with Gasteiger partial charge in [-0.3, -0.25) is 9.59 Å². The molecule has 24 heavy (non-hydrogen) atoms. The second-order valence-electron chi connectivity index (χ2n) is 6.88. The minimum absolute atomic E-state index is 0.208. The van der Waals surface area contributed by atoms with Gasteiger partial charge in [-0.05, 0) is 27.7 Å². The molecular formula is C16H26O8. The SMILES string of the molecule is CC(=O)O[C@@H]([C@H](OC(C)=O)[C@H]1COC(C)(C)O1)[C@H]1COC(C)(C)O1. The van der Waals surface area contributed by atoms with E-state index in [1.807, 2.05) is 0 Å². The van der Waals surface area contributed by atoms with Crippen LogP contribution in [-0.4, -0.2) is 61.1 Å². The Labute approximate surface area is 141 Å². The molecule has 138 valence electrons. The molecule has 2 fully saturated rings. The predicted molar refractivity (Wildman–Crippen MR) is 80.9 cm³/mol. The molecule has 2 aliphatic heterocycles. The lowest BCUT2D eigenvalue weighted by molar-refractivity contribution is -0.207. The standard InChI is InChI=1S/C16H26O8/c1-9(17)21-13(11-7-19-15(3,4)23-11)14(22-10(2)18)12-8-20-16(5,6)24-12/h11-14H,7-8H2,1-6H3/t11-,12-,13-,14-/m1/s1. The van der Waals surface area contributed by atoms with E-state index in [-0.39, 0.29) is 13.2 Å². The highest BCUT2D eigenvalue weighted by Gasteiger charge is 2.49. The van der Waals surface area contributed by atoms with E-state index in [0.717, 1.165) is 0 Å². The first-order chi connectivity index (χ1) is 11.0. The van der Waals surface area contributed by atoms with Gasteiger partial charge in [0.25, 0.3) is 0 Å². The maximum Gasteiger partial charge on any atom is 0.303 e. The Hall–Kier alpha value is -1.22. The van der Waals surface area contributed by atoms with Gasteiger partial charge in [-0.15, -0.1) is 0 Å². The molecule has 4 atom stereocenters. The smallest absolute Gasteiger partial charge is 0.303 e. The molecule has 0 unspecified atom stereocenters. The zero-order chi connectivity index (χ0) is 18.1. The summed E-state index contributed by atoms with van der Waals surface area (Å²) in [6.07, 6.45) is -2.90. The van der Waals surface area contributed by atoms with Gasteiger partial charge in [-0.25, -0.2) is 0 Å². The quantitative estimate of drug-likeness (QED) is 0.685. The van der Waals surface area contributed by atoms with Crippen LogP contribution in [0.1, 0.15) is 41.5 Å². The Morgan fingerprint density at radius 1 is 0.833 bits per heavy atom. The number of rotatable bonds is 5. The van der Waals surface area contributed by atoms with Crippen molar-refractivity contribution in [3.8, 4) is 0 Å². The second-order valence-corrected chi connectivity index (χ2v) is 6.88. The summed E-state index contributed by atoms with van der Waals surface area (Å²) in [6, 6.07) is 0. The van der Waals surface area contributed by atoms with Crippen LogP contribution < -0.4 is 0 Å². The van der Waals surface area contributed by atoms with Crippen molar-refractivity contribution in [3.05, 3.63) is 0 Å². The maximum atomic E-state index is 11.6. The Morgan fingerprint density at radius 3 is 1.38 bits per heavy atom. The van der Waals surface area contributed by atoms with Crippen molar-refractivity contribution < 1.29 is 38.0 Å². The molecule has 0 bridgehead atoms. The summed E-state index contributed by atoms with van der Waals surface area (Å²) in [5.41, 5.74) is 0. The fraction of sp³-hybridized carbons (Fsp3) is 0.875. The molecule has 8 heteroatoms. The number of ether oxygens (including phenoxy) is 6. The fourth-order valence-electron chi connectivity index (χ4n) is 2.85. The fourth-order valence-corrected chi connectivity index (χ4v) is 2.85. The van der Waals surface area contributed by atoms with Crippen molar-refractivity contribution in [2.45, 2.75) is 77.5 Å². The van der Waals surface area contributed by atoms with Crippen molar-refractivity contribution in [2.24, 2.45) is 0 Å². The van der Waals surface area contributed by atoms with Crippen molar-refractivity contribution in [1.82, 2.24) is 0 Å². The van der Waals surface area contributed by atoms with Crippen LogP contribution in [0.5, 0.6) is 0 Å². The first kappa shape index (κ1) is 19.1. The number of hydrogen-bond acceptors (Lipinski definition) is 8. The van der Waals surface area contributed by atoms with Crippen LogP contribution in [0.15, 0.2) is 0 Å². The Bertz CT molecular complexity index is 442. The van der Waals surface area contributed by atoms with E-state index in [0.29, 0.717) is 0 Å². The highest BCUT2D eigenvalue weighted by atomic mass is 16.8. The van der Waals surface area contributed by atoms with Crippen molar-refractivity contribution >= 4 is 11.9 Å². The monoisotopic (exact) mass is 346 g/mol. The topological polar surface area (TPSA) is 89.5 Å². The molecule has 2 heterocycles. The van der Waals surface area contributed by atoms with Gasteiger partial charge in [0.1, 0.15) is 12.2 Å². The van der Waals surface area contributed by atoms with E-state index >= 15 is 0 Å². The molecule has 2 rings (SSSR count). The number of hydrogen-bond donors (Lipinski definition) is 0. The van der Waals surface area contributed by atoms with Gasteiger partial charge in [0.2, 0.25) is 0 Å². The molecule has 0 radical (unpaired) electrons. The Kier molecular flexibility index (Phi) is 5.54. The third kappa shape index (κ3) is 4.89. The predicted octanol–water partition coefficient (Wildman–Crippen LogP) is 1.15. The van der Waals surface area contributed by atoms with Gasteiger partial charge in [0.05, 0.1) is 13.2 Å². The van der Waals surface area contributed by atoms with Gasteiger partial charge in [0.15, 0.2) is 23.8 Å². The normalized spacial score (nSPS) is 30.6. The Balaban J connectivity index is 2.23. The van der Waals surface area contributed by atoms with Gasteiger partial charge in [-0.1, -0.05) is 0 Å². The van der Waals surface area contributed by atoms with Crippen LogP contribution in [0.4, 0.5) is 0 Å². The lowest BCUT2D eigenvalue weighted by atomic mass is 10.0. The first-order valence-corrected chi connectivity index (χ1v) is 7.97. The van der Waals surface area contributed by atoms with Crippen LogP contribution in [0.3, 0.4) is 0 Å². The molecule has 0 aromatic rings. The summed E-state index contributed by atoms with van der Waals surface area (Å²) < 4.78 is 33.5. The highest BCUT2D eigenvalue weighted by molar-refractivity contribution is 5.67. The zero-order valence-corrected chi connectivity index (χ0v) is 15.0. The van der Waals surface area contributed by atoms with Gasteiger partial charge in [-0.2, -0.15) is 0 Å². The van der Waals surface area contributed by atoms with E-state index in [9.17, 15) is 9.59 Å². The number of esters is 2. The van der Waals surface area contributed by atoms with Crippen LogP contribution in [0, 0.1) is 0 Å².